The van der Waals surface area contributed by atoms with Gasteiger partial charge in [-0.3, -0.25) is 0 Å². The number of hydrogen-bond donors (Lipinski definition) is 1. The Hall–Kier alpha value is -1.35. The van der Waals surface area contributed by atoms with Crippen LogP contribution in [-0.2, 0) is 18.9 Å². The monoisotopic (exact) mass is 283 g/mol. The number of nitrogens with one attached hydrogen (secondary N) is 1. The lowest BCUT2D eigenvalue weighted by atomic mass is 9.51. The quantitative estimate of drug-likeness (QED) is 0.805. The normalized spacial score (nSPS) is 30.4. The van der Waals surface area contributed by atoms with Crippen LogP contribution in [0.1, 0.15) is 44.1 Å². The molecule has 0 unspecified atom stereocenters. The Morgan fingerprint density at radius 2 is 2.05 bits per heavy atom. The molecule has 0 saturated carbocycles. The van der Waals surface area contributed by atoms with Crippen LogP contribution < -0.4 is 5.32 Å². The molecule has 112 valence electrons. The van der Waals surface area contributed by atoms with Crippen molar-refractivity contribution < 1.29 is 0 Å². The predicted octanol–water partition coefficient (Wildman–Crippen LogP) is 3.08. The van der Waals surface area contributed by atoms with Crippen LogP contribution in [0.3, 0.4) is 0 Å². The van der Waals surface area contributed by atoms with Crippen LogP contribution in [0, 0.1) is 12.3 Å². The van der Waals surface area contributed by atoms with Gasteiger partial charge < -0.3 is 9.88 Å². The average molecular weight is 283 g/mol. The molecule has 1 saturated heterocycles. The Morgan fingerprint density at radius 3 is 2.81 bits per heavy atom. The molecule has 2 bridgehead atoms. The Kier molecular flexibility index (Phi) is 2.47. The van der Waals surface area contributed by atoms with Crippen molar-refractivity contribution in [1.29, 1.82) is 0 Å². The fourth-order valence-corrected chi connectivity index (χ4v) is 4.57. The van der Waals surface area contributed by atoms with Crippen LogP contribution in [-0.4, -0.2) is 22.1 Å². The summed E-state index contributed by atoms with van der Waals surface area (Å²) in [6, 6.07) is 5.34. The van der Waals surface area contributed by atoms with E-state index in [4.69, 9.17) is 4.98 Å². The lowest BCUT2D eigenvalue weighted by Gasteiger charge is -2.57. The van der Waals surface area contributed by atoms with E-state index in [1.807, 2.05) is 0 Å². The number of aromatic nitrogens is 2. The van der Waals surface area contributed by atoms with Crippen molar-refractivity contribution in [2.75, 3.05) is 6.54 Å². The number of imidazole rings is 1. The van der Waals surface area contributed by atoms with Crippen molar-refractivity contribution in [2.24, 2.45) is 12.5 Å². The lowest BCUT2D eigenvalue weighted by molar-refractivity contribution is 0.0561. The summed E-state index contributed by atoms with van der Waals surface area (Å²) in [6.45, 7) is 10.5. The molecule has 0 amide bonds. The maximum Gasteiger partial charge on any atom is 0.106 e. The Balaban J connectivity index is 2.02. The molecule has 1 aliphatic heterocycles. The van der Waals surface area contributed by atoms with Gasteiger partial charge in [-0.25, -0.2) is 4.98 Å². The third kappa shape index (κ3) is 1.50. The molecule has 0 spiro atoms. The van der Waals surface area contributed by atoms with Gasteiger partial charge in [0.05, 0.1) is 11.0 Å². The van der Waals surface area contributed by atoms with Crippen molar-refractivity contribution in [1.82, 2.24) is 14.9 Å². The average Bonchev–Trinajstić information content (AvgIpc) is 2.68. The summed E-state index contributed by atoms with van der Waals surface area (Å²) in [4.78, 5) is 4.75. The molecule has 1 aromatic heterocycles. The van der Waals surface area contributed by atoms with E-state index in [-0.39, 0.29) is 10.8 Å². The van der Waals surface area contributed by atoms with Crippen molar-refractivity contribution in [3.63, 3.8) is 0 Å². The first-order valence-electron chi connectivity index (χ1n) is 8.04. The Morgan fingerprint density at radius 1 is 1.29 bits per heavy atom. The largest absolute Gasteiger partial charge is 0.331 e. The van der Waals surface area contributed by atoms with Gasteiger partial charge in [0.15, 0.2) is 0 Å². The van der Waals surface area contributed by atoms with E-state index in [0.717, 1.165) is 24.3 Å². The van der Waals surface area contributed by atoms with Crippen molar-refractivity contribution in [3.8, 4) is 0 Å². The predicted molar refractivity (Wildman–Crippen MR) is 86.7 cm³/mol. The molecule has 2 heterocycles. The summed E-state index contributed by atoms with van der Waals surface area (Å²) >= 11 is 0. The smallest absolute Gasteiger partial charge is 0.106 e. The third-order valence-electron chi connectivity index (χ3n) is 6.66. The molecule has 2 aromatic rings. The first-order valence-corrected chi connectivity index (χ1v) is 8.04. The molecule has 2 aliphatic rings. The molecule has 3 nitrogen and oxygen atoms in total. The minimum Gasteiger partial charge on any atom is -0.331 e. The second-order valence-electron chi connectivity index (χ2n) is 7.73. The first-order chi connectivity index (χ1) is 9.84. The lowest BCUT2D eigenvalue weighted by Crippen LogP contribution is -2.62. The van der Waals surface area contributed by atoms with Gasteiger partial charge in [0.2, 0.25) is 0 Å². The summed E-state index contributed by atoms with van der Waals surface area (Å²) in [5.74, 6) is 1.10. The van der Waals surface area contributed by atoms with Crippen LogP contribution in [0.4, 0.5) is 0 Å². The maximum absolute atomic E-state index is 4.75. The number of rotatable bonds is 0. The van der Waals surface area contributed by atoms with Gasteiger partial charge in [-0.05, 0) is 55.0 Å². The van der Waals surface area contributed by atoms with Gasteiger partial charge in [0, 0.05) is 18.5 Å². The van der Waals surface area contributed by atoms with Crippen LogP contribution in [0.5, 0.6) is 0 Å². The van der Waals surface area contributed by atoms with Crippen molar-refractivity contribution in [3.05, 3.63) is 29.1 Å². The molecular formula is C18H25N3. The zero-order valence-electron chi connectivity index (χ0n) is 13.7. The number of piperidine rings is 1. The summed E-state index contributed by atoms with van der Waals surface area (Å²) < 4.78 is 2.21. The number of aryl methyl sites for hydroxylation is 2. The Labute approximate surface area is 126 Å². The van der Waals surface area contributed by atoms with Crippen LogP contribution >= 0.6 is 0 Å². The van der Waals surface area contributed by atoms with Gasteiger partial charge in [-0.1, -0.05) is 20.8 Å². The minimum atomic E-state index is 0.246. The number of fused-ring (bicyclic) bond motifs is 5. The van der Waals surface area contributed by atoms with Crippen LogP contribution in [0.2, 0.25) is 0 Å². The number of nitrogens with zero attached hydrogens (tertiary/aromatic N) is 2. The van der Waals surface area contributed by atoms with E-state index in [0.29, 0.717) is 6.04 Å². The van der Waals surface area contributed by atoms with Crippen LogP contribution in [0.15, 0.2) is 12.1 Å². The highest BCUT2D eigenvalue weighted by atomic mass is 15.1. The molecular weight excluding hydrogens is 258 g/mol. The highest BCUT2D eigenvalue weighted by Gasteiger charge is 2.53. The third-order valence-corrected chi connectivity index (χ3v) is 6.66. The fourth-order valence-electron chi connectivity index (χ4n) is 4.57. The second-order valence-corrected chi connectivity index (χ2v) is 7.73. The SMILES string of the molecule is Cc1nc2cc3c(cc2n1C)C[C@@H]1NCC[C@]3(C)C1(C)C. The topological polar surface area (TPSA) is 29.9 Å². The van der Waals surface area contributed by atoms with E-state index < -0.39 is 0 Å². The van der Waals surface area contributed by atoms with Gasteiger partial charge >= 0.3 is 0 Å². The minimum absolute atomic E-state index is 0.246. The van der Waals surface area contributed by atoms with Crippen molar-refractivity contribution in [2.45, 2.75) is 52.0 Å². The summed E-state index contributed by atoms with van der Waals surface area (Å²) in [5, 5.41) is 3.75. The Bertz CT molecular complexity index is 740. The molecule has 0 radical (unpaired) electrons. The van der Waals surface area contributed by atoms with Gasteiger partial charge in [-0.2, -0.15) is 0 Å². The second kappa shape index (κ2) is 3.89. The zero-order valence-corrected chi connectivity index (χ0v) is 13.7. The number of benzene rings is 1. The van der Waals surface area contributed by atoms with E-state index in [9.17, 15) is 0 Å². The molecule has 1 aromatic carbocycles. The van der Waals surface area contributed by atoms with E-state index in [2.05, 4.69) is 56.8 Å². The highest BCUT2D eigenvalue weighted by molar-refractivity contribution is 5.79. The summed E-state index contributed by atoms with van der Waals surface area (Å²) in [6.07, 6.45) is 2.35. The highest BCUT2D eigenvalue weighted by Crippen LogP contribution is 2.54. The number of hydrogen-bond acceptors (Lipinski definition) is 2. The standard InChI is InChI=1S/C18H25N3/c1-11-20-14-10-13-12(8-15(14)21(11)5)9-16-17(2,3)18(13,4)6-7-19-16/h8,10,16,19H,6-7,9H2,1-5H3/t16-,18-/m0/s1. The molecule has 1 fully saturated rings. The van der Waals surface area contributed by atoms with Gasteiger partial charge in [0.1, 0.15) is 5.82 Å². The van der Waals surface area contributed by atoms with E-state index in [1.165, 1.54) is 23.1 Å². The van der Waals surface area contributed by atoms with Gasteiger partial charge in [0.25, 0.3) is 0 Å². The molecule has 1 aliphatic carbocycles. The van der Waals surface area contributed by atoms with Crippen molar-refractivity contribution >= 4 is 11.0 Å². The fraction of sp³-hybridized carbons (Fsp3) is 0.611. The molecule has 1 N–H and O–H groups in total. The van der Waals surface area contributed by atoms with E-state index in [1.54, 1.807) is 0 Å². The first kappa shape index (κ1) is 13.3. The molecule has 4 rings (SSSR count). The molecule has 21 heavy (non-hydrogen) atoms. The zero-order chi connectivity index (χ0) is 15.0. The maximum atomic E-state index is 4.75. The van der Waals surface area contributed by atoms with Gasteiger partial charge in [-0.15, -0.1) is 0 Å². The summed E-state index contributed by atoms with van der Waals surface area (Å²) in [5.41, 5.74) is 6.02. The summed E-state index contributed by atoms with van der Waals surface area (Å²) in [7, 11) is 2.12. The van der Waals surface area contributed by atoms with E-state index >= 15 is 0 Å². The van der Waals surface area contributed by atoms with Crippen LogP contribution in [0.25, 0.3) is 11.0 Å². The molecule has 2 atom stereocenters. The molecule has 3 heteroatoms.